The Kier molecular flexibility index (Phi) is 5.78. The number of methoxy groups -OCH3 is 1. The predicted molar refractivity (Wildman–Crippen MR) is 130 cm³/mol. The summed E-state index contributed by atoms with van der Waals surface area (Å²) in [6.45, 7) is 3.46. The van der Waals surface area contributed by atoms with E-state index in [2.05, 4.69) is 15.5 Å². The fourth-order valence-electron chi connectivity index (χ4n) is 4.16. The van der Waals surface area contributed by atoms with Crippen LogP contribution in [-0.2, 0) is 0 Å². The molecule has 176 valence electrons. The van der Waals surface area contributed by atoms with E-state index in [1.807, 2.05) is 54.6 Å². The average Bonchev–Trinajstić information content (AvgIpc) is 3.36. The molecule has 1 aromatic heterocycles. The van der Waals surface area contributed by atoms with Gasteiger partial charge in [0.15, 0.2) is 0 Å². The van der Waals surface area contributed by atoms with E-state index < -0.39 is 11.9 Å². The number of nitrogens with one attached hydrogen (secondary N) is 1. The first-order valence-electron chi connectivity index (χ1n) is 11.1. The van der Waals surface area contributed by atoms with Crippen LogP contribution in [0.3, 0.4) is 0 Å². The summed E-state index contributed by atoms with van der Waals surface area (Å²) < 4.78 is 25.4. The number of rotatable bonds is 5. The van der Waals surface area contributed by atoms with Crippen molar-refractivity contribution < 1.29 is 18.4 Å². The fraction of sp³-hybridized carbons (Fsp3) is 0.148. The molecular formula is C27H23FN4O3. The van der Waals surface area contributed by atoms with E-state index >= 15 is 0 Å². The second kappa shape index (κ2) is 9.06. The molecule has 0 fully saturated rings. The SMILES string of the molecule is COc1cccc(-c2noc(C3=C(C)N(c4ccc(C)c(F)c4)C(=O)NC3c3ccccc3)n2)c1. The van der Waals surface area contributed by atoms with Crippen molar-refractivity contribution in [1.82, 2.24) is 15.5 Å². The molecule has 3 aromatic carbocycles. The normalized spacial score (nSPS) is 15.8. The molecule has 1 aliphatic rings. The fourth-order valence-corrected chi connectivity index (χ4v) is 4.16. The van der Waals surface area contributed by atoms with Crippen LogP contribution in [0.4, 0.5) is 14.9 Å². The van der Waals surface area contributed by atoms with Gasteiger partial charge in [-0.1, -0.05) is 53.7 Å². The minimum absolute atomic E-state index is 0.256. The van der Waals surface area contributed by atoms with Gasteiger partial charge in [0.05, 0.1) is 24.4 Å². The number of carbonyl (C=O) groups is 1. The third-order valence-corrected chi connectivity index (χ3v) is 6.02. The van der Waals surface area contributed by atoms with Crippen LogP contribution in [0.15, 0.2) is 83.0 Å². The molecule has 5 rings (SSSR count). The number of halogens is 1. The van der Waals surface area contributed by atoms with Crippen molar-refractivity contribution in [3.05, 3.63) is 101 Å². The number of carbonyl (C=O) groups excluding carboxylic acids is 1. The number of nitrogens with zero attached hydrogens (tertiary/aromatic N) is 3. The Morgan fingerprint density at radius 1 is 1.03 bits per heavy atom. The number of allylic oxidation sites excluding steroid dienone is 1. The molecule has 0 saturated heterocycles. The van der Waals surface area contributed by atoms with Crippen LogP contribution in [0, 0.1) is 12.7 Å². The van der Waals surface area contributed by atoms with Gasteiger partial charge in [0.2, 0.25) is 5.82 Å². The first-order chi connectivity index (χ1) is 17.0. The Hall–Kier alpha value is -4.46. The zero-order chi connectivity index (χ0) is 24.5. The number of urea groups is 1. The van der Waals surface area contributed by atoms with Crippen molar-refractivity contribution in [2.24, 2.45) is 0 Å². The summed E-state index contributed by atoms with van der Waals surface area (Å²) in [5, 5.41) is 7.20. The van der Waals surface area contributed by atoms with Crippen LogP contribution in [0.25, 0.3) is 17.0 Å². The third kappa shape index (κ3) is 4.14. The molecule has 0 saturated carbocycles. The van der Waals surface area contributed by atoms with Crippen molar-refractivity contribution in [3.8, 4) is 17.1 Å². The van der Waals surface area contributed by atoms with Gasteiger partial charge in [-0.2, -0.15) is 4.98 Å². The number of amides is 2. The summed E-state index contributed by atoms with van der Waals surface area (Å²) in [7, 11) is 1.59. The third-order valence-electron chi connectivity index (χ3n) is 6.02. The van der Waals surface area contributed by atoms with E-state index in [0.29, 0.717) is 34.1 Å². The molecule has 0 radical (unpaired) electrons. The van der Waals surface area contributed by atoms with Crippen molar-refractivity contribution in [2.75, 3.05) is 12.0 Å². The molecule has 0 bridgehead atoms. The molecule has 8 heteroatoms. The van der Waals surface area contributed by atoms with Gasteiger partial charge in [0, 0.05) is 11.3 Å². The molecule has 1 N–H and O–H groups in total. The van der Waals surface area contributed by atoms with Crippen molar-refractivity contribution in [2.45, 2.75) is 19.9 Å². The highest BCUT2D eigenvalue weighted by Gasteiger charge is 2.36. The lowest BCUT2D eigenvalue weighted by Gasteiger charge is -2.35. The molecule has 0 spiro atoms. The van der Waals surface area contributed by atoms with E-state index in [1.165, 1.54) is 11.0 Å². The highest BCUT2D eigenvalue weighted by molar-refractivity contribution is 6.01. The van der Waals surface area contributed by atoms with Crippen LogP contribution in [-0.4, -0.2) is 23.3 Å². The Bertz CT molecular complexity index is 1430. The summed E-state index contributed by atoms with van der Waals surface area (Å²) in [6, 6.07) is 20.6. The highest BCUT2D eigenvalue weighted by Crippen LogP contribution is 2.39. The smallest absolute Gasteiger partial charge is 0.327 e. The molecule has 35 heavy (non-hydrogen) atoms. The van der Waals surface area contributed by atoms with E-state index in [9.17, 15) is 9.18 Å². The van der Waals surface area contributed by atoms with Crippen LogP contribution in [0.5, 0.6) is 5.75 Å². The number of ether oxygens (including phenoxy) is 1. The second-order valence-electron chi connectivity index (χ2n) is 8.22. The van der Waals surface area contributed by atoms with Crippen LogP contribution in [0.2, 0.25) is 0 Å². The lowest BCUT2D eigenvalue weighted by atomic mass is 9.94. The molecular weight excluding hydrogens is 447 g/mol. The molecule has 1 unspecified atom stereocenters. The topological polar surface area (TPSA) is 80.5 Å². The van der Waals surface area contributed by atoms with Gasteiger partial charge in [-0.05, 0) is 49.2 Å². The van der Waals surface area contributed by atoms with Gasteiger partial charge < -0.3 is 14.6 Å². The molecule has 1 atom stereocenters. The van der Waals surface area contributed by atoms with Crippen molar-refractivity contribution in [3.63, 3.8) is 0 Å². The Labute approximate surface area is 201 Å². The van der Waals surface area contributed by atoms with E-state index in [0.717, 1.165) is 11.1 Å². The molecule has 7 nitrogen and oxygen atoms in total. The molecule has 2 amide bonds. The monoisotopic (exact) mass is 470 g/mol. The van der Waals surface area contributed by atoms with Crippen molar-refractivity contribution in [1.29, 1.82) is 0 Å². The van der Waals surface area contributed by atoms with E-state index in [-0.39, 0.29) is 11.9 Å². The number of benzene rings is 3. The lowest BCUT2D eigenvalue weighted by Crippen LogP contribution is -2.46. The largest absolute Gasteiger partial charge is 0.497 e. The number of hydrogen-bond acceptors (Lipinski definition) is 5. The quantitative estimate of drug-likeness (QED) is 0.393. The van der Waals surface area contributed by atoms with Gasteiger partial charge in [-0.3, -0.25) is 4.90 Å². The number of hydrogen-bond donors (Lipinski definition) is 1. The van der Waals surface area contributed by atoms with Crippen LogP contribution >= 0.6 is 0 Å². The summed E-state index contributed by atoms with van der Waals surface area (Å²) in [4.78, 5) is 19.3. The average molecular weight is 471 g/mol. The zero-order valence-electron chi connectivity index (χ0n) is 19.4. The number of aromatic nitrogens is 2. The van der Waals surface area contributed by atoms with Gasteiger partial charge in [0.25, 0.3) is 5.89 Å². The standard InChI is InChI=1S/C27H23FN4O3/c1-16-12-13-20(15-22(16)28)32-17(2)23(24(29-27(32)33)18-8-5-4-6-9-18)26-30-25(31-35-26)19-10-7-11-21(14-19)34-3/h4-15,24H,1-3H3,(H,29,33). The van der Waals surface area contributed by atoms with Crippen molar-refractivity contribution >= 4 is 17.3 Å². The van der Waals surface area contributed by atoms with E-state index in [4.69, 9.17) is 9.26 Å². The first-order valence-corrected chi connectivity index (χ1v) is 11.1. The Morgan fingerprint density at radius 2 is 1.83 bits per heavy atom. The summed E-state index contributed by atoms with van der Waals surface area (Å²) in [5.74, 6) is 0.916. The highest BCUT2D eigenvalue weighted by atomic mass is 19.1. The minimum Gasteiger partial charge on any atom is -0.497 e. The van der Waals surface area contributed by atoms with Crippen LogP contribution < -0.4 is 15.0 Å². The van der Waals surface area contributed by atoms with Gasteiger partial charge in [0.1, 0.15) is 11.6 Å². The Balaban J connectivity index is 1.65. The maximum atomic E-state index is 14.4. The first kappa shape index (κ1) is 22.3. The van der Waals surface area contributed by atoms with Gasteiger partial charge >= 0.3 is 6.03 Å². The summed E-state index contributed by atoms with van der Waals surface area (Å²) in [5.41, 5.74) is 3.66. The zero-order valence-corrected chi connectivity index (χ0v) is 19.4. The molecule has 4 aromatic rings. The van der Waals surface area contributed by atoms with Gasteiger partial charge in [-0.25, -0.2) is 9.18 Å². The predicted octanol–water partition coefficient (Wildman–Crippen LogP) is 5.89. The van der Waals surface area contributed by atoms with E-state index in [1.54, 1.807) is 33.1 Å². The van der Waals surface area contributed by atoms with Gasteiger partial charge in [-0.15, -0.1) is 0 Å². The van der Waals surface area contributed by atoms with Crippen LogP contribution in [0.1, 0.15) is 30.0 Å². The molecule has 2 heterocycles. The number of anilines is 1. The molecule has 1 aliphatic heterocycles. The minimum atomic E-state index is -0.533. The summed E-state index contributed by atoms with van der Waals surface area (Å²) >= 11 is 0. The molecule has 0 aliphatic carbocycles. The summed E-state index contributed by atoms with van der Waals surface area (Å²) in [6.07, 6.45) is 0. The maximum absolute atomic E-state index is 14.4. The Morgan fingerprint density at radius 3 is 2.57 bits per heavy atom. The maximum Gasteiger partial charge on any atom is 0.327 e. The lowest BCUT2D eigenvalue weighted by molar-refractivity contribution is 0.244. The number of aryl methyl sites for hydroxylation is 1. The second-order valence-corrected chi connectivity index (χ2v) is 8.22.